The molecule has 0 bridgehead atoms. The molecule has 0 aliphatic heterocycles. The van der Waals surface area contributed by atoms with Crippen molar-refractivity contribution in [3.8, 4) is 5.75 Å². The summed E-state index contributed by atoms with van der Waals surface area (Å²) in [5.74, 6) is 0.363. The number of hydrogen-bond donors (Lipinski definition) is 1. The summed E-state index contributed by atoms with van der Waals surface area (Å²) in [4.78, 5) is 11.9. The van der Waals surface area contributed by atoms with Gasteiger partial charge in [0.25, 0.3) is 0 Å². The minimum absolute atomic E-state index is 0.0424. The SMILES string of the molecule is O=C(Nc1ccc(OCc2cccc(F)c2)c(Cl)c1)C1CCC1. The van der Waals surface area contributed by atoms with Crippen LogP contribution in [0, 0.1) is 11.7 Å². The molecule has 0 atom stereocenters. The predicted octanol–water partition coefficient (Wildman–Crippen LogP) is 4.80. The molecule has 5 heteroatoms. The number of benzene rings is 2. The van der Waals surface area contributed by atoms with Crippen LogP contribution in [-0.4, -0.2) is 5.91 Å². The van der Waals surface area contributed by atoms with E-state index in [1.54, 1.807) is 30.3 Å². The fraction of sp³-hybridized carbons (Fsp3) is 0.278. The topological polar surface area (TPSA) is 38.3 Å². The molecule has 1 aliphatic rings. The highest BCUT2D eigenvalue weighted by Gasteiger charge is 2.25. The Bertz CT molecular complexity index is 716. The van der Waals surface area contributed by atoms with E-state index in [2.05, 4.69) is 5.32 Å². The average Bonchev–Trinajstić information content (AvgIpc) is 2.44. The Balaban J connectivity index is 1.61. The molecule has 0 unspecified atom stereocenters. The molecule has 1 amide bonds. The maximum atomic E-state index is 13.1. The molecule has 0 aromatic heterocycles. The molecule has 120 valence electrons. The summed E-state index contributed by atoms with van der Waals surface area (Å²) in [5.41, 5.74) is 1.38. The van der Waals surface area contributed by atoms with Gasteiger partial charge in [-0.2, -0.15) is 0 Å². The summed E-state index contributed by atoms with van der Waals surface area (Å²) >= 11 is 6.19. The third-order valence-corrected chi connectivity index (χ3v) is 4.25. The van der Waals surface area contributed by atoms with Crippen molar-refractivity contribution in [1.29, 1.82) is 0 Å². The highest BCUT2D eigenvalue weighted by atomic mass is 35.5. The lowest BCUT2D eigenvalue weighted by Crippen LogP contribution is -2.27. The molecule has 0 radical (unpaired) electrons. The summed E-state index contributed by atoms with van der Waals surface area (Å²) in [6, 6.07) is 11.3. The molecule has 2 aromatic carbocycles. The monoisotopic (exact) mass is 333 g/mol. The molecule has 2 aromatic rings. The van der Waals surface area contributed by atoms with Gasteiger partial charge in [-0.1, -0.05) is 30.2 Å². The highest BCUT2D eigenvalue weighted by molar-refractivity contribution is 6.32. The standard InChI is InChI=1S/C18H17ClFNO2/c19-16-10-15(21-18(22)13-4-2-5-13)7-8-17(16)23-11-12-3-1-6-14(20)9-12/h1,3,6-10,13H,2,4-5,11H2,(H,21,22). The number of anilines is 1. The van der Waals surface area contributed by atoms with Crippen molar-refractivity contribution < 1.29 is 13.9 Å². The van der Waals surface area contributed by atoms with Crippen LogP contribution in [0.1, 0.15) is 24.8 Å². The van der Waals surface area contributed by atoms with Crippen molar-refractivity contribution in [3.05, 3.63) is 58.9 Å². The van der Waals surface area contributed by atoms with Crippen LogP contribution >= 0.6 is 11.6 Å². The Hall–Kier alpha value is -2.07. The van der Waals surface area contributed by atoms with Crippen LogP contribution in [0.2, 0.25) is 5.02 Å². The molecule has 0 spiro atoms. The summed E-state index contributed by atoms with van der Waals surface area (Å²) < 4.78 is 18.7. The maximum absolute atomic E-state index is 13.1. The first-order valence-electron chi connectivity index (χ1n) is 7.59. The Morgan fingerprint density at radius 1 is 1.26 bits per heavy atom. The predicted molar refractivity (Wildman–Crippen MR) is 88.2 cm³/mol. The van der Waals surface area contributed by atoms with Crippen LogP contribution < -0.4 is 10.1 Å². The average molecular weight is 334 g/mol. The fourth-order valence-corrected chi connectivity index (χ4v) is 2.63. The molecule has 0 saturated heterocycles. The first-order chi connectivity index (χ1) is 11.1. The molecule has 3 rings (SSSR count). The van der Waals surface area contributed by atoms with Crippen molar-refractivity contribution in [1.82, 2.24) is 0 Å². The van der Waals surface area contributed by atoms with Gasteiger partial charge >= 0.3 is 0 Å². The molecule has 0 heterocycles. The second kappa shape index (κ2) is 7.01. The summed E-state index contributed by atoms with van der Waals surface area (Å²) in [5, 5.41) is 3.27. The third-order valence-electron chi connectivity index (χ3n) is 3.96. The van der Waals surface area contributed by atoms with Crippen LogP contribution in [0.25, 0.3) is 0 Å². The zero-order valence-corrected chi connectivity index (χ0v) is 13.3. The molecule has 1 aliphatic carbocycles. The second-order valence-corrected chi connectivity index (χ2v) is 6.09. The number of carbonyl (C=O) groups is 1. The van der Waals surface area contributed by atoms with E-state index in [1.807, 2.05) is 0 Å². The van der Waals surface area contributed by atoms with E-state index in [0.717, 1.165) is 24.8 Å². The van der Waals surface area contributed by atoms with Gasteiger partial charge in [0.1, 0.15) is 18.2 Å². The largest absolute Gasteiger partial charge is 0.487 e. The van der Waals surface area contributed by atoms with Gasteiger partial charge in [-0.05, 0) is 48.7 Å². The van der Waals surface area contributed by atoms with Crippen molar-refractivity contribution >= 4 is 23.2 Å². The van der Waals surface area contributed by atoms with E-state index >= 15 is 0 Å². The van der Waals surface area contributed by atoms with Crippen molar-refractivity contribution in [2.45, 2.75) is 25.9 Å². The second-order valence-electron chi connectivity index (χ2n) is 5.68. The minimum atomic E-state index is -0.300. The molecule has 1 fully saturated rings. The Labute approximate surface area is 139 Å². The first kappa shape index (κ1) is 15.8. The number of nitrogens with one attached hydrogen (secondary N) is 1. The summed E-state index contributed by atoms with van der Waals surface area (Å²) in [6.07, 6.45) is 3.02. The zero-order valence-electron chi connectivity index (χ0n) is 12.5. The lowest BCUT2D eigenvalue weighted by atomic mass is 9.85. The molecule has 3 nitrogen and oxygen atoms in total. The van der Waals surface area contributed by atoms with E-state index in [4.69, 9.17) is 16.3 Å². The summed E-state index contributed by atoms with van der Waals surface area (Å²) in [7, 11) is 0. The van der Waals surface area contributed by atoms with Crippen LogP contribution in [0.4, 0.5) is 10.1 Å². The molecule has 1 N–H and O–H groups in total. The van der Waals surface area contributed by atoms with Gasteiger partial charge < -0.3 is 10.1 Å². The van der Waals surface area contributed by atoms with E-state index in [1.165, 1.54) is 12.1 Å². The van der Waals surface area contributed by atoms with Crippen LogP contribution in [0.5, 0.6) is 5.75 Å². The van der Waals surface area contributed by atoms with E-state index < -0.39 is 0 Å². The summed E-state index contributed by atoms with van der Waals surface area (Å²) in [6.45, 7) is 0.227. The van der Waals surface area contributed by atoms with Crippen LogP contribution in [-0.2, 0) is 11.4 Å². The Kier molecular flexibility index (Phi) is 4.82. The molecular formula is C18H17ClFNO2. The molecule has 23 heavy (non-hydrogen) atoms. The first-order valence-corrected chi connectivity index (χ1v) is 7.97. The lowest BCUT2D eigenvalue weighted by Gasteiger charge is -2.24. The van der Waals surface area contributed by atoms with Crippen molar-refractivity contribution in [2.24, 2.45) is 5.92 Å². The Morgan fingerprint density at radius 3 is 2.74 bits per heavy atom. The van der Waals surface area contributed by atoms with Crippen LogP contribution in [0.15, 0.2) is 42.5 Å². The van der Waals surface area contributed by atoms with Gasteiger partial charge in [-0.3, -0.25) is 4.79 Å². The quantitative estimate of drug-likeness (QED) is 0.853. The van der Waals surface area contributed by atoms with E-state index in [0.29, 0.717) is 16.5 Å². The van der Waals surface area contributed by atoms with E-state index in [9.17, 15) is 9.18 Å². The number of hydrogen-bond acceptors (Lipinski definition) is 2. The van der Waals surface area contributed by atoms with Gasteiger partial charge in [-0.15, -0.1) is 0 Å². The van der Waals surface area contributed by atoms with E-state index in [-0.39, 0.29) is 24.2 Å². The number of halogens is 2. The van der Waals surface area contributed by atoms with Gasteiger partial charge in [-0.25, -0.2) is 4.39 Å². The number of rotatable bonds is 5. The Morgan fingerprint density at radius 2 is 2.09 bits per heavy atom. The number of ether oxygens (including phenoxy) is 1. The highest BCUT2D eigenvalue weighted by Crippen LogP contribution is 2.31. The van der Waals surface area contributed by atoms with Gasteiger partial charge in [0, 0.05) is 11.6 Å². The minimum Gasteiger partial charge on any atom is -0.487 e. The molecule has 1 saturated carbocycles. The van der Waals surface area contributed by atoms with Gasteiger partial charge in [0.05, 0.1) is 5.02 Å². The number of amides is 1. The zero-order chi connectivity index (χ0) is 16.2. The lowest BCUT2D eigenvalue weighted by molar-refractivity contribution is -0.122. The van der Waals surface area contributed by atoms with Gasteiger partial charge in [0.2, 0.25) is 5.91 Å². The van der Waals surface area contributed by atoms with Crippen molar-refractivity contribution in [2.75, 3.05) is 5.32 Å². The molecular weight excluding hydrogens is 317 g/mol. The third kappa shape index (κ3) is 4.02. The smallest absolute Gasteiger partial charge is 0.227 e. The normalized spacial score (nSPS) is 14.2. The van der Waals surface area contributed by atoms with Crippen molar-refractivity contribution in [3.63, 3.8) is 0 Å². The van der Waals surface area contributed by atoms with Crippen LogP contribution in [0.3, 0.4) is 0 Å². The fourth-order valence-electron chi connectivity index (χ4n) is 2.40. The number of carbonyl (C=O) groups excluding carboxylic acids is 1. The maximum Gasteiger partial charge on any atom is 0.227 e. The van der Waals surface area contributed by atoms with Gasteiger partial charge in [0.15, 0.2) is 0 Å².